The number of rotatable bonds is 3. The smallest absolute Gasteiger partial charge is 0.0803 e. The first-order valence-electron chi connectivity index (χ1n) is 6.19. The minimum absolute atomic E-state index is 0.0271. The lowest BCUT2D eigenvalue weighted by atomic mass is 10.1. The summed E-state index contributed by atoms with van der Waals surface area (Å²) in [6, 6.07) is 10.2. The number of nitrogens with two attached hydrogens (primary N) is 1. The van der Waals surface area contributed by atoms with Crippen molar-refractivity contribution in [2.45, 2.75) is 18.2 Å². The van der Waals surface area contributed by atoms with Crippen molar-refractivity contribution in [3.8, 4) is 0 Å². The maximum absolute atomic E-state index is 6.07. The topological polar surface area (TPSA) is 38.0 Å². The molecule has 0 saturated heterocycles. The first-order chi connectivity index (χ1) is 9.28. The Morgan fingerprint density at radius 1 is 1.32 bits per heavy atom. The van der Waals surface area contributed by atoms with Gasteiger partial charge in [-0.1, -0.05) is 23.7 Å². The summed E-state index contributed by atoms with van der Waals surface area (Å²) in [4.78, 5) is 2.79. The van der Waals surface area contributed by atoms with Gasteiger partial charge in [-0.2, -0.15) is 11.8 Å². The summed E-state index contributed by atoms with van der Waals surface area (Å²) in [5.41, 5.74) is 5.50. The standard InChI is InChI=1S/C14H15ClN2S2/c15-11-3-1-2-9(6-11)14(17-16)13-7-10-8-18-5-4-12(10)19-13/h1-3,6-7,14,17H,4-5,8,16H2. The zero-order chi connectivity index (χ0) is 13.2. The molecule has 2 heterocycles. The second-order valence-electron chi connectivity index (χ2n) is 4.55. The molecular formula is C14H15ClN2S2. The van der Waals surface area contributed by atoms with E-state index in [1.165, 1.54) is 27.5 Å². The Bertz CT molecular complexity index is 559. The van der Waals surface area contributed by atoms with Crippen molar-refractivity contribution in [1.29, 1.82) is 0 Å². The van der Waals surface area contributed by atoms with Crippen molar-refractivity contribution < 1.29 is 0 Å². The SMILES string of the molecule is NNC(c1cccc(Cl)c1)c1cc2c(s1)CCSC2. The number of fused-ring (bicyclic) bond motifs is 1. The average molecular weight is 311 g/mol. The monoisotopic (exact) mass is 310 g/mol. The molecular weight excluding hydrogens is 296 g/mol. The quantitative estimate of drug-likeness (QED) is 0.670. The third kappa shape index (κ3) is 2.83. The van der Waals surface area contributed by atoms with E-state index in [1.54, 1.807) is 0 Å². The fourth-order valence-electron chi connectivity index (χ4n) is 2.34. The first kappa shape index (κ1) is 13.5. The van der Waals surface area contributed by atoms with E-state index in [0.717, 1.165) is 16.3 Å². The molecule has 0 amide bonds. The van der Waals surface area contributed by atoms with Gasteiger partial charge in [0, 0.05) is 20.5 Å². The van der Waals surface area contributed by atoms with Crippen LogP contribution in [0, 0.1) is 0 Å². The van der Waals surface area contributed by atoms with Crippen LogP contribution in [0.4, 0.5) is 0 Å². The number of hydrogen-bond acceptors (Lipinski definition) is 4. The van der Waals surface area contributed by atoms with Gasteiger partial charge in [0.25, 0.3) is 0 Å². The summed E-state index contributed by atoms with van der Waals surface area (Å²) in [5.74, 6) is 8.10. The lowest BCUT2D eigenvalue weighted by Gasteiger charge is -2.14. The maximum Gasteiger partial charge on any atom is 0.0803 e. The summed E-state index contributed by atoms with van der Waals surface area (Å²) in [6.45, 7) is 0. The van der Waals surface area contributed by atoms with E-state index in [4.69, 9.17) is 17.4 Å². The van der Waals surface area contributed by atoms with Crippen molar-refractivity contribution in [2.24, 2.45) is 5.84 Å². The molecule has 1 aromatic heterocycles. The number of halogens is 1. The Labute approximate surface area is 126 Å². The average Bonchev–Trinajstić information content (AvgIpc) is 2.83. The van der Waals surface area contributed by atoms with Crippen molar-refractivity contribution in [1.82, 2.24) is 5.43 Å². The number of nitrogens with one attached hydrogen (secondary N) is 1. The Morgan fingerprint density at radius 3 is 2.95 bits per heavy atom. The molecule has 0 bridgehead atoms. The van der Waals surface area contributed by atoms with Crippen LogP contribution in [0.3, 0.4) is 0 Å². The Balaban J connectivity index is 1.96. The molecule has 100 valence electrons. The van der Waals surface area contributed by atoms with Crippen LogP contribution in [0.15, 0.2) is 30.3 Å². The van der Waals surface area contributed by atoms with Gasteiger partial charge in [0.1, 0.15) is 0 Å². The highest BCUT2D eigenvalue weighted by Crippen LogP contribution is 2.36. The Hall–Kier alpha value is -0.520. The second-order valence-corrected chi connectivity index (χ2v) is 7.26. The number of hydrazine groups is 1. The van der Waals surface area contributed by atoms with Gasteiger partial charge < -0.3 is 0 Å². The van der Waals surface area contributed by atoms with Crippen molar-refractivity contribution >= 4 is 34.7 Å². The van der Waals surface area contributed by atoms with Gasteiger partial charge in [-0.25, -0.2) is 5.43 Å². The molecule has 0 radical (unpaired) electrons. The summed E-state index contributed by atoms with van der Waals surface area (Å²) in [6.07, 6.45) is 1.18. The zero-order valence-electron chi connectivity index (χ0n) is 10.4. The molecule has 5 heteroatoms. The summed E-state index contributed by atoms with van der Waals surface area (Å²) in [5, 5.41) is 0.745. The number of hydrogen-bond donors (Lipinski definition) is 2. The predicted octanol–water partition coefficient (Wildman–Crippen LogP) is 3.74. The van der Waals surface area contributed by atoms with E-state index in [0.29, 0.717) is 0 Å². The molecule has 2 nitrogen and oxygen atoms in total. The van der Waals surface area contributed by atoms with E-state index in [-0.39, 0.29) is 6.04 Å². The van der Waals surface area contributed by atoms with Crippen LogP contribution in [-0.4, -0.2) is 5.75 Å². The van der Waals surface area contributed by atoms with Gasteiger partial charge in [-0.15, -0.1) is 11.3 Å². The summed E-state index contributed by atoms with van der Waals surface area (Å²) in [7, 11) is 0. The molecule has 1 aliphatic heterocycles. The van der Waals surface area contributed by atoms with Gasteiger partial charge in [0.2, 0.25) is 0 Å². The molecule has 3 N–H and O–H groups in total. The van der Waals surface area contributed by atoms with Crippen LogP contribution in [0.1, 0.15) is 26.9 Å². The van der Waals surface area contributed by atoms with Crippen LogP contribution >= 0.6 is 34.7 Å². The number of thioether (sulfide) groups is 1. The minimum Gasteiger partial charge on any atom is -0.271 e. The molecule has 1 aliphatic rings. The molecule has 2 aromatic rings. The second kappa shape index (κ2) is 5.85. The molecule has 3 rings (SSSR count). The normalized spacial score (nSPS) is 16.1. The third-order valence-corrected chi connectivity index (χ3v) is 5.82. The van der Waals surface area contributed by atoms with Crippen molar-refractivity contribution in [3.05, 3.63) is 56.2 Å². The van der Waals surface area contributed by atoms with E-state index in [2.05, 4.69) is 17.6 Å². The van der Waals surface area contributed by atoms with Crippen molar-refractivity contribution in [3.63, 3.8) is 0 Å². The highest BCUT2D eigenvalue weighted by atomic mass is 35.5. The van der Waals surface area contributed by atoms with Crippen LogP contribution < -0.4 is 11.3 Å². The zero-order valence-corrected chi connectivity index (χ0v) is 12.7. The molecule has 1 aromatic carbocycles. The lowest BCUT2D eigenvalue weighted by Crippen LogP contribution is -2.28. The summed E-state index contributed by atoms with van der Waals surface area (Å²) < 4.78 is 0. The molecule has 19 heavy (non-hydrogen) atoms. The minimum atomic E-state index is 0.0271. The molecule has 0 aliphatic carbocycles. The molecule has 1 unspecified atom stereocenters. The fourth-order valence-corrected chi connectivity index (χ4v) is 5.00. The number of thiophene rings is 1. The van der Waals surface area contributed by atoms with E-state index < -0.39 is 0 Å². The number of benzene rings is 1. The predicted molar refractivity (Wildman–Crippen MR) is 84.8 cm³/mol. The molecule has 0 fully saturated rings. The van der Waals surface area contributed by atoms with E-state index in [1.807, 2.05) is 41.3 Å². The highest BCUT2D eigenvalue weighted by Gasteiger charge is 2.20. The molecule has 0 spiro atoms. The Kier molecular flexibility index (Phi) is 4.15. The van der Waals surface area contributed by atoms with Crippen LogP contribution in [0.5, 0.6) is 0 Å². The lowest BCUT2D eigenvalue weighted by molar-refractivity contribution is 0.646. The van der Waals surface area contributed by atoms with Gasteiger partial charge in [0.05, 0.1) is 6.04 Å². The van der Waals surface area contributed by atoms with E-state index in [9.17, 15) is 0 Å². The largest absolute Gasteiger partial charge is 0.271 e. The maximum atomic E-state index is 6.07. The Morgan fingerprint density at radius 2 is 2.21 bits per heavy atom. The first-order valence-corrected chi connectivity index (χ1v) is 8.53. The van der Waals surface area contributed by atoms with Gasteiger partial charge in [-0.3, -0.25) is 5.84 Å². The fraction of sp³-hybridized carbons (Fsp3) is 0.286. The van der Waals surface area contributed by atoms with Gasteiger partial charge in [-0.05, 0) is 41.5 Å². The van der Waals surface area contributed by atoms with Crippen molar-refractivity contribution in [2.75, 3.05) is 5.75 Å². The van der Waals surface area contributed by atoms with Gasteiger partial charge in [0.15, 0.2) is 0 Å². The summed E-state index contributed by atoms with van der Waals surface area (Å²) >= 11 is 9.94. The van der Waals surface area contributed by atoms with Crippen LogP contribution in [0.2, 0.25) is 5.02 Å². The molecule has 1 atom stereocenters. The molecule has 0 saturated carbocycles. The van der Waals surface area contributed by atoms with Gasteiger partial charge >= 0.3 is 0 Å². The number of aryl methyl sites for hydroxylation is 1. The van der Waals surface area contributed by atoms with E-state index >= 15 is 0 Å². The van der Waals surface area contributed by atoms with Crippen LogP contribution in [0.25, 0.3) is 0 Å². The van der Waals surface area contributed by atoms with Crippen LogP contribution in [-0.2, 0) is 12.2 Å². The third-order valence-electron chi connectivity index (χ3n) is 3.28. The highest BCUT2D eigenvalue weighted by molar-refractivity contribution is 7.98.